The molecule has 1 aromatic rings. The lowest BCUT2D eigenvalue weighted by Gasteiger charge is -2.08. The third kappa shape index (κ3) is 3.13. The maximum atomic E-state index is 11.7. The Kier molecular flexibility index (Phi) is 4.20. The SMILES string of the molecule is CCOC(=O)/C=C(/c1ccccc1)[C@@H]1C[C@]1(Br)C=O. The molecule has 0 aromatic heterocycles. The Labute approximate surface area is 120 Å². The van der Waals surface area contributed by atoms with Crippen molar-refractivity contribution in [2.45, 2.75) is 17.7 Å². The Balaban J connectivity index is 2.30. The first kappa shape index (κ1) is 14.0. The van der Waals surface area contributed by atoms with Crippen molar-refractivity contribution in [1.29, 1.82) is 0 Å². The molecule has 0 amide bonds. The Morgan fingerprint density at radius 2 is 2.16 bits per heavy atom. The lowest BCUT2D eigenvalue weighted by molar-refractivity contribution is -0.137. The van der Waals surface area contributed by atoms with E-state index in [0.717, 1.165) is 17.4 Å². The first-order valence-electron chi connectivity index (χ1n) is 6.19. The van der Waals surface area contributed by atoms with Gasteiger partial charge in [-0.3, -0.25) is 0 Å². The molecule has 2 atom stereocenters. The van der Waals surface area contributed by atoms with Crippen molar-refractivity contribution < 1.29 is 14.3 Å². The van der Waals surface area contributed by atoms with Gasteiger partial charge < -0.3 is 9.53 Å². The summed E-state index contributed by atoms with van der Waals surface area (Å²) in [6, 6.07) is 9.60. The Bertz CT molecular complexity index is 509. The van der Waals surface area contributed by atoms with Crippen molar-refractivity contribution in [3.63, 3.8) is 0 Å². The molecule has 0 spiro atoms. The van der Waals surface area contributed by atoms with Crippen LogP contribution < -0.4 is 0 Å². The molecule has 1 fully saturated rings. The molecule has 100 valence electrons. The van der Waals surface area contributed by atoms with Gasteiger partial charge in [-0.1, -0.05) is 46.3 Å². The Morgan fingerprint density at radius 1 is 1.47 bits per heavy atom. The van der Waals surface area contributed by atoms with E-state index in [-0.39, 0.29) is 11.9 Å². The van der Waals surface area contributed by atoms with E-state index in [1.54, 1.807) is 6.92 Å². The molecular weight excluding hydrogens is 308 g/mol. The van der Waals surface area contributed by atoms with Crippen LogP contribution in [0, 0.1) is 5.92 Å². The highest BCUT2D eigenvalue weighted by Crippen LogP contribution is 2.56. The van der Waals surface area contributed by atoms with Crippen molar-refractivity contribution in [3.8, 4) is 0 Å². The van der Waals surface area contributed by atoms with Crippen LogP contribution in [0.4, 0.5) is 0 Å². The van der Waals surface area contributed by atoms with Crippen LogP contribution in [0.25, 0.3) is 5.57 Å². The number of hydrogen-bond donors (Lipinski definition) is 0. The number of alkyl halides is 1. The van der Waals surface area contributed by atoms with Crippen LogP contribution >= 0.6 is 15.9 Å². The number of rotatable bonds is 5. The molecule has 1 aliphatic rings. The van der Waals surface area contributed by atoms with E-state index < -0.39 is 4.32 Å². The van der Waals surface area contributed by atoms with Gasteiger partial charge in [0.25, 0.3) is 0 Å². The minimum atomic E-state index is -0.527. The molecule has 0 heterocycles. The van der Waals surface area contributed by atoms with Crippen LogP contribution in [0.2, 0.25) is 0 Å². The van der Waals surface area contributed by atoms with Gasteiger partial charge in [-0.2, -0.15) is 0 Å². The normalized spacial score (nSPS) is 25.8. The average Bonchev–Trinajstić information content (AvgIpc) is 3.10. The zero-order chi connectivity index (χ0) is 13.9. The topological polar surface area (TPSA) is 43.4 Å². The van der Waals surface area contributed by atoms with E-state index in [0.29, 0.717) is 13.0 Å². The Hall–Kier alpha value is -1.42. The summed E-state index contributed by atoms with van der Waals surface area (Å²) in [5.41, 5.74) is 1.80. The maximum Gasteiger partial charge on any atom is 0.331 e. The number of hydrogen-bond acceptors (Lipinski definition) is 3. The molecule has 3 nitrogen and oxygen atoms in total. The molecule has 1 aliphatic carbocycles. The van der Waals surface area contributed by atoms with Crippen molar-refractivity contribution >= 4 is 33.8 Å². The van der Waals surface area contributed by atoms with Gasteiger partial charge in [0.1, 0.15) is 6.29 Å². The van der Waals surface area contributed by atoms with E-state index >= 15 is 0 Å². The van der Waals surface area contributed by atoms with E-state index in [9.17, 15) is 9.59 Å². The summed E-state index contributed by atoms with van der Waals surface area (Å²) in [5, 5.41) is 0. The highest BCUT2D eigenvalue weighted by Gasteiger charge is 2.54. The van der Waals surface area contributed by atoms with Crippen LogP contribution in [0.15, 0.2) is 36.4 Å². The van der Waals surface area contributed by atoms with Crippen LogP contribution in [0.3, 0.4) is 0 Å². The molecule has 19 heavy (non-hydrogen) atoms. The highest BCUT2D eigenvalue weighted by molar-refractivity contribution is 9.10. The summed E-state index contributed by atoms with van der Waals surface area (Å²) < 4.78 is 4.43. The van der Waals surface area contributed by atoms with Gasteiger partial charge in [0.15, 0.2) is 0 Å². The molecule has 4 heteroatoms. The standard InChI is InChI=1S/C15H15BrO3/c1-2-19-14(18)8-12(11-6-4-3-5-7-11)13-9-15(13,16)10-17/h3-8,10,13H,2,9H2,1H3/b12-8-/t13-,15-/m0/s1. The van der Waals surface area contributed by atoms with E-state index in [1.807, 2.05) is 30.3 Å². The quantitative estimate of drug-likeness (QED) is 0.362. The van der Waals surface area contributed by atoms with E-state index in [1.165, 1.54) is 6.08 Å². The van der Waals surface area contributed by atoms with Crippen LogP contribution in [-0.2, 0) is 14.3 Å². The number of carbonyl (C=O) groups excluding carboxylic acids is 2. The number of ether oxygens (including phenoxy) is 1. The molecule has 0 unspecified atom stereocenters. The highest BCUT2D eigenvalue weighted by atomic mass is 79.9. The van der Waals surface area contributed by atoms with Gasteiger partial charge in [-0.25, -0.2) is 4.79 Å². The lowest BCUT2D eigenvalue weighted by atomic mass is 10.00. The molecule has 0 N–H and O–H groups in total. The van der Waals surface area contributed by atoms with Gasteiger partial charge in [-0.05, 0) is 24.5 Å². The van der Waals surface area contributed by atoms with Crippen molar-refractivity contribution in [2.75, 3.05) is 6.61 Å². The summed E-state index contributed by atoms with van der Waals surface area (Å²) in [7, 11) is 0. The number of halogens is 1. The predicted molar refractivity (Wildman–Crippen MR) is 76.9 cm³/mol. The monoisotopic (exact) mass is 322 g/mol. The first-order chi connectivity index (χ1) is 9.10. The molecule has 2 rings (SSSR count). The minimum absolute atomic E-state index is 0.0248. The lowest BCUT2D eigenvalue weighted by Crippen LogP contribution is -2.07. The van der Waals surface area contributed by atoms with Gasteiger partial charge >= 0.3 is 5.97 Å². The van der Waals surface area contributed by atoms with Gasteiger partial charge in [-0.15, -0.1) is 0 Å². The first-order valence-corrected chi connectivity index (χ1v) is 6.99. The fraction of sp³-hybridized carbons (Fsp3) is 0.333. The molecule has 1 aromatic carbocycles. The molecule has 0 saturated heterocycles. The summed E-state index contributed by atoms with van der Waals surface area (Å²) in [4.78, 5) is 22.7. The predicted octanol–water partition coefficient (Wildman–Crippen LogP) is 2.99. The number of aldehydes is 1. The van der Waals surface area contributed by atoms with Crippen LogP contribution in [0.5, 0.6) is 0 Å². The molecule has 1 saturated carbocycles. The zero-order valence-electron chi connectivity index (χ0n) is 10.6. The summed E-state index contributed by atoms with van der Waals surface area (Å²) >= 11 is 3.42. The van der Waals surface area contributed by atoms with Crippen molar-refractivity contribution in [1.82, 2.24) is 0 Å². The summed E-state index contributed by atoms with van der Waals surface area (Å²) in [6.45, 7) is 2.11. The van der Waals surface area contributed by atoms with E-state index in [4.69, 9.17) is 4.74 Å². The fourth-order valence-electron chi connectivity index (χ4n) is 2.08. The second-order valence-corrected chi connectivity index (χ2v) is 6.00. The van der Waals surface area contributed by atoms with Gasteiger partial charge in [0, 0.05) is 12.0 Å². The van der Waals surface area contributed by atoms with Crippen molar-refractivity contribution in [3.05, 3.63) is 42.0 Å². The minimum Gasteiger partial charge on any atom is -0.463 e. The second kappa shape index (κ2) is 5.70. The average molecular weight is 323 g/mol. The fourth-order valence-corrected chi connectivity index (χ4v) is 2.65. The number of carbonyl (C=O) groups is 2. The molecular formula is C15H15BrO3. The summed E-state index contributed by atoms with van der Waals surface area (Å²) in [5.74, 6) is -0.342. The number of esters is 1. The van der Waals surface area contributed by atoms with Gasteiger partial charge in [0.05, 0.1) is 10.9 Å². The molecule has 0 bridgehead atoms. The number of benzene rings is 1. The molecule has 0 radical (unpaired) electrons. The molecule has 0 aliphatic heterocycles. The number of allylic oxidation sites excluding steroid dienone is 1. The van der Waals surface area contributed by atoms with Crippen LogP contribution in [-0.4, -0.2) is 23.2 Å². The van der Waals surface area contributed by atoms with Crippen molar-refractivity contribution in [2.24, 2.45) is 5.92 Å². The Morgan fingerprint density at radius 3 is 2.68 bits per heavy atom. The third-order valence-electron chi connectivity index (χ3n) is 3.17. The summed E-state index contributed by atoms with van der Waals surface area (Å²) in [6.07, 6.45) is 3.10. The van der Waals surface area contributed by atoms with Crippen LogP contribution in [0.1, 0.15) is 18.9 Å². The maximum absolute atomic E-state index is 11.7. The smallest absolute Gasteiger partial charge is 0.331 e. The van der Waals surface area contributed by atoms with E-state index in [2.05, 4.69) is 15.9 Å². The largest absolute Gasteiger partial charge is 0.463 e. The zero-order valence-corrected chi connectivity index (χ0v) is 12.2. The second-order valence-electron chi connectivity index (χ2n) is 4.52. The van der Waals surface area contributed by atoms with Gasteiger partial charge in [0.2, 0.25) is 0 Å². The third-order valence-corrected chi connectivity index (χ3v) is 4.24.